The smallest absolute Gasteiger partial charge is 0.225 e. The third-order valence-corrected chi connectivity index (χ3v) is 5.67. The molecule has 0 saturated carbocycles. The molecule has 1 aliphatic rings. The molecule has 1 aromatic heterocycles. The number of quaternary nitrogens is 2. The van der Waals surface area contributed by atoms with E-state index < -0.39 is 0 Å². The van der Waals surface area contributed by atoms with Crippen LogP contribution in [0.3, 0.4) is 0 Å². The highest BCUT2D eigenvalue weighted by Gasteiger charge is 2.24. The molecule has 8 heteroatoms. The van der Waals surface area contributed by atoms with E-state index in [2.05, 4.69) is 22.6 Å². The van der Waals surface area contributed by atoms with Gasteiger partial charge in [0.15, 0.2) is 6.67 Å². The van der Waals surface area contributed by atoms with Crippen molar-refractivity contribution in [2.75, 3.05) is 33.3 Å². The van der Waals surface area contributed by atoms with Gasteiger partial charge < -0.3 is 14.5 Å². The lowest BCUT2D eigenvalue weighted by Gasteiger charge is -2.29. The van der Waals surface area contributed by atoms with Crippen LogP contribution in [0.2, 0.25) is 0 Å². The Morgan fingerprint density at radius 2 is 1.61 bits per heavy atom. The molecule has 0 unspecified atom stereocenters. The Bertz CT molecular complexity index is 945. The minimum Gasteiger partial charge on any atom is -0.497 e. The molecule has 2 heterocycles. The fourth-order valence-electron chi connectivity index (χ4n) is 3.64. The minimum absolute atomic E-state index is 0.645. The summed E-state index contributed by atoms with van der Waals surface area (Å²) in [6, 6.07) is 18.3. The van der Waals surface area contributed by atoms with Crippen LogP contribution in [0.4, 0.5) is 0 Å². The average Bonchev–Trinajstić information content (AvgIpc) is 3.11. The zero-order valence-electron chi connectivity index (χ0n) is 16.0. The summed E-state index contributed by atoms with van der Waals surface area (Å²) in [7, 11) is 1.70. The van der Waals surface area contributed by atoms with Gasteiger partial charge in [0, 0.05) is 5.56 Å². The normalized spacial score (nSPS) is 19.5. The molecule has 0 aliphatic carbocycles. The predicted molar refractivity (Wildman–Crippen MR) is 108 cm³/mol. The second kappa shape index (κ2) is 8.64. The summed E-state index contributed by atoms with van der Waals surface area (Å²) in [5.41, 5.74) is 2.30. The lowest BCUT2D eigenvalue weighted by atomic mass is 10.2. The summed E-state index contributed by atoms with van der Waals surface area (Å²) < 4.78 is 9.44. The fraction of sp³-hybridized carbons (Fsp3) is 0.350. The number of benzene rings is 2. The van der Waals surface area contributed by atoms with Gasteiger partial charge in [0.1, 0.15) is 38.5 Å². The number of tetrazole rings is 1. The third kappa shape index (κ3) is 4.30. The molecule has 0 atom stereocenters. The molecule has 0 bridgehead atoms. The van der Waals surface area contributed by atoms with Gasteiger partial charge in [0.2, 0.25) is 4.77 Å². The van der Waals surface area contributed by atoms with Crippen LogP contribution < -0.4 is 14.5 Å². The predicted octanol–water partition coefficient (Wildman–Crippen LogP) is -0.252. The zero-order valence-corrected chi connectivity index (χ0v) is 16.9. The molecule has 0 spiro atoms. The SMILES string of the molecule is COc1ccc(C[NH+]2CC[NH+](Cn3nnn(-c4ccccc4)c3=S)CC2)cc1. The van der Waals surface area contributed by atoms with Gasteiger partial charge in [-0.05, 0) is 59.0 Å². The average molecular weight is 399 g/mol. The molecule has 2 aromatic carbocycles. The molecular weight excluding hydrogens is 372 g/mol. The van der Waals surface area contributed by atoms with E-state index >= 15 is 0 Å². The Morgan fingerprint density at radius 3 is 2.29 bits per heavy atom. The zero-order chi connectivity index (χ0) is 19.3. The molecule has 7 nitrogen and oxygen atoms in total. The van der Waals surface area contributed by atoms with Crippen LogP contribution in [0.25, 0.3) is 5.69 Å². The first kappa shape index (κ1) is 18.8. The number of nitrogens with zero attached hydrogens (tertiary/aromatic N) is 4. The van der Waals surface area contributed by atoms with Crippen molar-refractivity contribution in [1.29, 1.82) is 0 Å². The lowest BCUT2D eigenvalue weighted by Crippen LogP contribution is -3.27. The Hall–Kier alpha value is -2.55. The van der Waals surface area contributed by atoms with Gasteiger partial charge >= 0.3 is 0 Å². The lowest BCUT2D eigenvalue weighted by molar-refractivity contribution is -1.03. The van der Waals surface area contributed by atoms with Gasteiger partial charge in [0.25, 0.3) is 0 Å². The second-order valence-corrected chi connectivity index (χ2v) is 7.56. The first-order valence-corrected chi connectivity index (χ1v) is 10.0. The Balaban J connectivity index is 1.32. The number of para-hydroxylation sites is 1. The highest BCUT2D eigenvalue weighted by molar-refractivity contribution is 7.71. The number of nitrogens with one attached hydrogen (secondary N) is 2. The fourth-order valence-corrected chi connectivity index (χ4v) is 3.88. The summed E-state index contributed by atoms with van der Waals surface area (Å²) in [6.07, 6.45) is 0. The Kier molecular flexibility index (Phi) is 5.80. The topological polar surface area (TPSA) is 53.8 Å². The van der Waals surface area contributed by atoms with E-state index in [4.69, 9.17) is 17.0 Å². The minimum atomic E-state index is 0.645. The highest BCUT2D eigenvalue weighted by Crippen LogP contribution is 2.10. The van der Waals surface area contributed by atoms with Gasteiger partial charge in [-0.25, -0.2) is 0 Å². The van der Waals surface area contributed by atoms with E-state index in [9.17, 15) is 0 Å². The molecule has 146 valence electrons. The van der Waals surface area contributed by atoms with Crippen molar-refractivity contribution in [3.8, 4) is 11.4 Å². The molecule has 1 saturated heterocycles. The number of methoxy groups -OCH3 is 1. The van der Waals surface area contributed by atoms with Crippen LogP contribution in [0.1, 0.15) is 5.56 Å². The molecule has 0 amide bonds. The number of hydrogen-bond donors (Lipinski definition) is 2. The summed E-state index contributed by atoms with van der Waals surface area (Å²) in [5.74, 6) is 0.910. The first-order valence-electron chi connectivity index (χ1n) is 9.61. The maximum absolute atomic E-state index is 5.58. The molecule has 0 radical (unpaired) electrons. The van der Waals surface area contributed by atoms with E-state index in [1.54, 1.807) is 16.7 Å². The number of piperazine rings is 1. The van der Waals surface area contributed by atoms with Crippen LogP contribution >= 0.6 is 12.2 Å². The Morgan fingerprint density at radius 1 is 0.929 bits per heavy atom. The number of rotatable bonds is 6. The van der Waals surface area contributed by atoms with E-state index in [1.807, 2.05) is 47.1 Å². The second-order valence-electron chi connectivity index (χ2n) is 7.19. The van der Waals surface area contributed by atoms with Crippen molar-refractivity contribution < 1.29 is 14.5 Å². The molecule has 3 aromatic rings. The van der Waals surface area contributed by atoms with Gasteiger partial charge in [-0.3, -0.25) is 0 Å². The summed E-state index contributed by atoms with van der Waals surface area (Å²) in [4.78, 5) is 3.11. The summed E-state index contributed by atoms with van der Waals surface area (Å²) in [5, 5.41) is 8.51. The van der Waals surface area contributed by atoms with Crippen LogP contribution in [0.5, 0.6) is 5.75 Å². The van der Waals surface area contributed by atoms with Crippen LogP contribution in [-0.4, -0.2) is 53.1 Å². The van der Waals surface area contributed by atoms with Gasteiger partial charge in [-0.15, -0.1) is 0 Å². The van der Waals surface area contributed by atoms with Crippen molar-refractivity contribution in [3.63, 3.8) is 0 Å². The summed E-state index contributed by atoms with van der Waals surface area (Å²) >= 11 is 5.58. The monoisotopic (exact) mass is 398 g/mol. The van der Waals surface area contributed by atoms with Crippen molar-refractivity contribution in [1.82, 2.24) is 19.8 Å². The highest BCUT2D eigenvalue weighted by atomic mass is 32.1. The largest absolute Gasteiger partial charge is 0.497 e. The van der Waals surface area contributed by atoms with Gasteiger partial charge in [0.05, 0.1) is 12.8 Å². The Labute approximate surface area is 169 Å². The van der Waals surface area contributed by atoms with Crippen molar-refractivity contribution >= 4 is 12.2 Å². The number of ether oxygens (including phenoxy) is 1. The molecule has 2 N–H and O–H groups in total. The van der Waals surface area contributed by atoms with Crippen molar-refractivity contribution in [2.24, 2.45) is 0 Å². The van der Waals surface area contributed by atoms with Gasteiger partial charge in [-0.2, -0.15) is 9.36 Å². The molecule has 4 rings (SSSR count). The number of aromatic nitrogens is 4. The van der Waals surface area contributed by atoms with Crippen LogP contribution in [-0.2, 0) is 13.2 Å². The molecule has 1 fully saturated rings. The van der Waals surface area contributed by atoms with Crippen LogP contribution in [0, 0.1) is 4.77 Å². The molecule has 28 heavy (non-hydrogen) atoms. The molecule has 1 aliphatic heterocycles. The first-order chi connectivity index (χ1) is 13.7. The van der Waals surface area contributed by atoms with E-state index in [0.29, 0.717) is 4.77 Å². The van der Waals surface area contributed by atoms with Gasteiger partial charge in [-0.1, -0.05) is 18.2 Å². The maximum Gasteiger partial charge on any atom is 0.225 e. The van der Waals surface area contributed by atoms with Crippen molar-refractivity contribution in [2.45, 2.75) is 13.2 Å². The maximum atomic E-state index is 5.58. The quantitative estimate of drug-likeness (QED) is 0.563. The number of hydrogen-bond acceptors (Lipinski definition) is 4. The van der Waals surface area contributed by atoms with Crippen molar-refractivity contribution in [3.05, 3.63) is 64.9 Å². The van der Waals surface area contributed by atoms with E-state index in [1.165, 1.54) is 10.5 Å². The van der Waals surface area contributed by atoms with Crippen LogP contribution in [0.15, 0.2) is 54.6 Å². The van der Waals surface area contributed by atoms with E-state index in [0.717, 1.165) is 50.8 Å². The third-order valence-electron chi connectivity index (χ3n) is 5.29. The standard InChI is InChI=1S/C20H24N6OS/c1-27-19-9-7-17(8-10-19)15-23-11-13-24(14-12-23)16-25-20(28)26(22-21-25)18-5-3-2-4-6-18/h2-10H,11-16H2,1H3/p+2. The molecular formula is C20H26N6OS+2. The summed E-state index contributed by atoms with van der Waals surface area (Å²) in [6.45, 7) is 6.31. The van der Waals surface area contributed by atoms with E-state index in [-0.39, 0.29) is 0 Å².